The number of unbranched alkanes of at least 4 members (excludes halogenated alkanes) is 6. The Morgan fingerprint density at radius 2 is 1.48 bits per heavy atom. The quantitative estimate of drug-likeness (QED) is 0.206. The lowest BCUT2D eigenvalue weighted by Gasteiger charge is -2.23. The highest BCUT2D eigenvalue weighted by Gasteiger charge is 2.20. The first-order chi connectivity index (χ1) is 15.3. The second kappa shape index (κ2) is 13.2. The van der Waals surface area contributed by atoms with Gasteiger partial charge >= 0.3 is 6.16 Å². The summed E-state index contributed by atoms with van der Waals surface area (Å²) in [6.07, 6.45) is 15.7. The van der Waals surface area contributed by atoms with E-state index in [9.17, 15) is 4.79 Å². The van der Waals surface area contributed by atoms with Crippen LogP contribution in [0.5, 0.6) is 11.5 Å². The van der Waals surface area contributed by atoms with Gasteiger partial charge < -0.3 is 9.47 Å². The molecule has 0 spiro atoms. The van der Waals surface area contributed by atoms with Crippen LogP contribution in [0.2, 0.25) is 0 Å². The van der Waals surface area contributed by atoms with E-state index in [1.54, 1.807) is 0 Å². The molecule has 0 aliphatic heterocycles. The normalized spacial score (nSPS) is 14.4. The van der Waals surface area contributed by atoms with Crippen LogP contribution >= 0.6 is 0 Å². The fraction of sp³-hybridized carbons (Fsp3) is 0.536. The Balaban J connectivity index is 1.44. The number of carbonyl (C=O) groups excluding carboxylic acids is 1. The third-order valence-electron chi connectivity index (χ3n) is 6.35. The first-order valence-corrected chi connectivity index (χ1v) is 12.3. The van der Waals surface area contributed by atoms with Crippen LogP contribution in [-0.4, -0.2) is 6.16 Å². The zero-order valence-corrected chi connectivity index (χ0v) is 19.1. The van der Waals surface area contributed by atoms with Crippen molar-refractivity contribution >= 4 is 6.16 Å². The minimum atomic E-state index is -0.664. The number of aryl methyl sites for hydroxylation is 1. The maximum Gasteiger partial charge on any atom is 0.519 e. The summed E-state index contributed by atoms with van der Waals surface area (Å²) in [6, 6.07) is 15.7. The Labute approximate surface area is 188 Å². The van der Waals surface area contributed by atoms with Crippen LogP contribution in [0.4, 0.5) is 4.79 Å². The van der Waals surface area contributed by atoms with Crippen molar-refractivity contribution in [3.8, 4) is 11.5 Å². The predicted octanol–water partition coefficient (Wildman–Crippen LogP) is 8.61. The summed E-state index contributed by atoms with van der Waals surface area (Å²) < 4.78 is 11.0. The lowest BCUT2D eigenvalue weighted by molar-refractivity contribution is 0.151. The molecule has 0 atom stereocenters. The Kier molecular flexibility index (Phi) is 9.95. The van der Waals surface area contributed by atoms with Crippen LogP contribution in [0.3, 0.4) is 0 Å². The molecular weight excluding hydrogens is 384 g/mol. The van der Waals surface area contributed by atoms with Crippen molar-refractivity contribution in [2.75, 3.05) is 0 Å². The van der Waals surface area contributed by atoms with Gasteiger partial charge in [-0.25, -0.2) is 4.79 Å². The number of para-hydroxylation sites is 1. The molecule has 2 aromatic carbocycles. The van der Waals surface area contributed by atoms with E-state index in [1.807, 2.05) is 30.3 Å². The Bertz CT molecular complexity index is 775. The highest BCUT2D eigenvalue weighted by atomic mass is 16.7. The molecule has 31 heavy (non-hydrogen) atoms. The first kappa shape index (κ1) is 23.4. The van der Waals surface area contributed by atoms with Gasteiger partial charge in [0.15, 0.2) is 0 Å². The second-order valence-electron chi connectivity index (χ2n) is 8.84. The molecule has 1 fully saturated rings. The zero-order valence-electron chi connectivity index (χ0n) is 19.1. The molecule has 1 saturated carbocycles. The van der Waals surface area contributed by atoms with Gasteiger partial charge in [0.05, 0.1) is 0 Å². The second-order valence-corrected chi connectivity index (χ2v) is 8.84. The van der Waals surface area contributed by atoms with E-state index in [-0.39, 0.29) is 0 Å². The molecule has 0 bridgehead atoms. The summed E-state index contributed by atoms with van der Waals surface area (Å²) >= 11 is 0. The minimum absolute atomic E-state index is 0.476. The van der Waals surface area contributed by atoms with Gasteiger partial charge in [0.1, 0.15) is 11.5 Å². The molecule has 168 valence electrons. The number of hydrogen-bond donors (Lipinski definition) is 0. The number of hydrogen-bond acceptors (Lipinski definition) is 3. The molecule has 3 heteroatoms. The topological polar surface area (TPSA) is 35.5 Å². The maximum absolute atomic E-state index is 12.4. The molecule has 0 unspecified atom stereocenters. The van der Waals surface area contributed by atoms with Crippen molar-refractivity contribution in [3.05, 3.63) is 59.7 Å². The van der Waals surface area contributed by atoms with Gasteiger partial charge in [0.25, 0.3) is 0 Å². The van der Waals surface area contributed by atoms with Crippen LogP contribution in [0.25, 0.3) is 0 Å². The van der Waals surface area contributed by atoms with Crippen LogP contribution in [0, 0.1) is 0 Å². The highest BCUT2D eigenvalue weighted by Crippen LogP contribution is 2.37. The smallest absolute Gasteiger partial charge is 0.395 e. The van der Waals surface area contributed by atoms with Crippen LogP contribution in [0.15, 0.2) is 48.5 Å². The van der Waals surface area contributed by atoms with Gasteiger partial charge in [-0.05, 0) is 60.9 Å². The molecule has 1 aliphatic rings. The Morgan fingerprint density at radius 1 is 0.806 bits per heavy atom. The van der Waals surface area contributed by atoms with Gasteiger partial charge in [0, 0.05) is 0 Å². The third kappa shape index (κ3) is 8.05. The van der Waals surface area contributed by atoms with Gasteiger partial charge in [-0.2, -0.15) is 0 Å². The largest absolute Gasteiger partial charge is 0.519 e. The summed E-state index contributed by atoms with van der Waals surface area (Å²) in [5.41, 5.74) is 2.42. The van der Waals surface area contributed by atoms with Crippen molar-refractivity contribution in [1.29, 1.82) is 0 Å². The standard InChI is InChI=1S/C28H38O3/c1-2-3-4-5-6-7-9-14-23-19-21-25(22-20-23)30-28(29)31-27-18-13-12-17-26(27)24-15-10-8-11-16-24/h12-13,17-22,24H,2-11,14-16H2,1H3. The highest BCUT2D eigenvalue weighted by molar-refractivity contribution is 5.67. The lowest BCUT2D eigenvalue weighted by atomic mass is 9.84. The summed E-state index contributed by atoms with van der Waals surface area (Å²) in [7, 11) is 0. The summed E-state index contributed by atoms with van der Waals surface area (Å²) in [6.45, 7) is 2.25. The van der Waals surface area contributed by atoms with E-state index in [1.165, 1.54) is 69.8 Å². The molecular formula is C28H38O3. The summed E-state index contributed by atoms with van der Waals surface area (Å²) in [5.74, 6) is 1.64. The predicted molar refractivity (Wildman–Crippen MR) is 127 cm³/mol. The molecule has 0 saturated heterocycles. The van der Waals surface area contributed by atoms with Crippen molar-refractivity contribution in [3.63, 3.8) is 0 Å². The molecule has 1 aliphatic carbocycles. The van der Waals surface area contributed by atoms with E-state index in [0.29, 0.717) is 17.4 Å². The van der Waals surface area contributed by atoms with Crippen molar-refractivity contribution in [2.45, 2.75) is 96.3 Å². The molecule has 0 N–H and O–H groups in total. The molecule has 2 aromatic rings. The number of benzene rings is 2. The zero-order chi connectivity index (χ0) is 21.7. The van der Waals surface area contributed by atoms with E-state index in [2.05, 4.69) is 25.1 Å². The van der Waals surface area contributed by atoms with E-state index in [4.69, 9.17) is 9.47 Å². The molecule has 0 aromatic heterocycles. The molecule has 0 heterocycles. The Hall–Kier alpha value is -2.29. The maximum atomic E-state index is 12.4. The molecule has 0 amide bonds. The lowest BCUT2D eigenvalue weighted by Crippen LogP contribution is -2.16. The van der Waals surface area contributed by atoms with Crippen LogP contribution in [-0.2, 0) is 6.42 Å². The SMILES string of the molecule is CCCCCCCCCc1ccc(OC(=O)Oc2ccccc2C2CCCCC2)cc1. The van der Waals surface area contributed by atoms with Gasteiger partial charge in [-0.1, -0.05) is 95.0 Å². The average Bonchev–Trinajstić information content (AvgIpc) is 2.80. The Morgan fingerprint density at radius 3 is 2.23 bits per heavy atom. The monoisotopic (exact) mass is 422 g/mol. The van der Waals surface area contributed by atoms with E-state index < -0.39 is 6.16 Å². The molecule has 3 nitrogen and oxygen atoms in total. The van der Waals surface area contributed by atoms with Crippen LogP contribution in [0.1, 0.15) is 101 Å². The van der Waals surface area contributed by atoms with Crippen molar-refractivity contribution in [2.24, 2.45) is 0 Å². The van der Waals surface area contributed by atoms with Crippen LogP contribution < -0.4 is 9.47 Å². The molecule has 0 radical (unpaired) electrons. The number of rotatable bonds is 11. The van der Waals surface area contributed by atoms with E-state index in [0.717, 1.165) is 24.8 Å². The van der Waals surface area contributed by atoms with Gasteiger partial charge in [-0.3, -0.25) is 0 Å². The number of carbonyl (C=O) groups is 1. The average molecular weight is 423 g/mol. The first-order valence-electron chi connectivity index (χ1n) is 12.3. The summed E-state index contributed by atoms with van der Waals surface area (Å²) in [4.78, 5) is 12.4. The van der Waals surface area contributed by atoms with Gasteiger partial charge in [0.2, 0.25) is 0 Å². The number of ether oxygens (including phenoxy) is 2. The molecule has 3 rings (SSSR count). The minimum Gasteiger partial charge on any atom is -0.395 e. The van der Waals surface area contributed by atoms with E-state index >= 15 is 0 Å². The summed E-state index contributed by atoms with van der Waals surface area (Å²) in [5, 5.41) is 0. The van der Waals surface area contributed by atoms with Crippen molar-refractivity contribution < 1.29 is 14.3 Å². The van der Waals surface area contributed by atoms with Crippen molar-refractivity contribution in [1.82, 2.24) is 0 Å². The fourth-order valence-electron chi connectivity index (χ4n) is 4.54. The van der Waals surface area contributed by atoms with Gasteiger partial charge in [-0.15, -0.1) is 0 Å². The third-order valence-corrected chi connectivity index (χ3v) is 6.35. The fourth-order valence-corrected chi connectivity index (χ4v) is 4.54.